The van der Waals surface area contributed by atoms with Crippen LogP contribution in [-0.2, 0) is 20.2 Å². The minimum absolute atomic E-state index is 0.0572. The molecule has 0 atom stereocenters. The lowest BCUT2D eigenvalue weighted by Gasteiger charge is -2.17. The van der Waals surface area contributed by atoms with Gasteiger partial charge in [-0.05, 0) is 61.9 Å². The Hall–Kier alpha value is -2.41. The van der Waals surface area contributed by atoms with Crippen molar-refractivity contribution < 1.29 is 17.6 Å². The first kappa shape index (κ1) is 16.4. The molecule has 1 heterocycles. The van der Waals surface area contributed by atoms with Gasteiger partial charge in [0.1, 0.15) is 5.82 Å². The number of amides is 1. The van der Waals surface area contributed by atoms with E-state index in [9.17, 15) is 17.6 Å². The summed E-state index contributed by atoms with van der Waals surface area (Å²) < 4.78 is 40.5. The number of anilines is 2. The summed E-state index contributed by atoms with van der Waals surface area (Å²) in [4.78, 5) is 13.9. The molecule has 0 radical (unpaired) electrons. The van der Waals surface area contributed by atoms with Crippen LogP contribution in [0.5, 0.6) is 0 Å². The molecule has 2 aromatic rings. The molecular formula is C17H17FN2O3S. The maximum atomic E-state index is 12.9. The van der Waals surface area contributed by atoms with Gasteiger partial charge in [0.2, 0.25) is 5.91 Å². The van der Waals surface area contributed by atoms with E-state index in [1.165, 1.54) is 41.3 Å². The molecule has 7 heteroatoms. The number of benzene rings is 2. The second-order valence-corrected chi connectivity index (χ2v) is 7.96. The number of carbonyl (C=O) groups is 1. The Balaban J connectivity index is 2.00. The fourth-order valence-electron chi connectivity index (χ4n) is 2.85. The van der Waals surface area contributed by atoms with E-state index < -0.39 is 21.3 Å². The molecule has 0 spiro atoms. The van der Waals surface area contributed by atoms with Crippen LogP contribution in [0.3, 0.4) is 0 Å². The summed E-state index contributed by atoms with van der Waals surface area (Å²) in [6, 6.07) is 9.65. The van der Waals surface area contributed by atoms with Crippen LogP contribution in [0.25, 0.3) is 0 Å². The highest BCUT2D eigenvalue weighted by Gasteiger charge is 2.42. The Morgan fingerprint density at radius 2 is 1.71 bits per heavy atom. The van der Waals surface area contributed by atoms with Crippen LogP contribution in [0, 0.1) is 5.82 Å². The van der Waals surface area contributed by atoms with Crippen LogP contribution in [-0.4, -0.2) is 21.4 Å². The third-order valence-electron chi connectivity index (χ3n) is 4.25. The van der Waals surface area contributed by atoms with Crippen molar-refractivity contribution in [1.82, 2.24) is 0 Å². The molecule has 1 aliphatic heterocycles. The van der Waals surface area contributed by atoms with Crippen LogP contribution in [0.1, 0.15) is 19.4 Å². The average Bonchev–Trinajstić information content (AvgIpc) is 2.70. The number of sulfonamides is 1. The zero-order chi connectivity index (χ0) is 17.7. The van der Waals surface area contributed by atoms with Gasteiger partial charge in [-0.25, -0.2) is 12.8 Å². The number of rotatable bonds is 3. The second kappa shape index (κ2) is 5.31. The highest BCUT2D eigenvalue weighted by atomic mass is 32.2. The van der Waals surface area contributed by atoms with E-state index in [0.717, 1.165) is 0 Å². The number of nitrogens with one attached hydrogen (secondary N) is 1. The molecule has 3 rings (SSSR count). The third-order valence-corrected chi connectivity index (χ3v) is 5.63. The van der Waals surface area contributed by atoms with Gasteiger partial charge < -0.3 is 4.90 Å². The van der Waals surface area contributed by atoms with Crippen LogP contribution in [0.2, 0.25) is 0 Å². The molecule has 5 nitrogen and oxygen atoms in total. The first-order valence-electron chi connectivity index (χ1n) is 7.34. The van der Waals surface area contributed by atoms with Crippen molar-refractivity contribution in [3.05, 3.63) is 53.8 Å². The molecule has 0 bridgehead atoms. The summed E-state index contributed by atoms with van der Waals surface area (Å²) in [5.74, 6) is -0.530. The van der Waals surface area contributed by atoms with Gasteiger partial charge in [-0.1, -0.05) is 0 Å². The molecule has 0 aromatic heterocycles. The van der Waals surface area contributed by atoms with Crippen LogP contribution in [0.4, 0.5) is 15.8 Å². The molecule has 24 heavy (non-hydrogen) atoms. The molecule has 0 saturated carbocycles. The lowest BCUT2D eigenvalue weighted by Crippen LogP contribution is -2.33. The van der Waals surface area contributed by atoms with E-state index in [4.69, 9.17) is 0 Å². The molecule has 126 valence electrons. The van der Waals surface area contributed by atoms with Crippen molar-refractivity contribution in [3.63, 3.8) is 0 Å². The maximum Gasteiger partial charge on any atom is 0.261 e. The van der Waals surface area contributed by atoms with E-state index in [-0.39, 0.29) is 16.5 Å². The van der Waals surface area contributed by atoms with Crippen LogP contribution < -0.4 is 9.62 Å². The summed E-state index contributed by atoms with van der Waals surface area (Å²) in [6.45, 7) is 3.53. The first-order valence-corrected chi connectivity index (χ1v) is 8.82. The van der Waals surface area contributed by atoms with Crippen molar-refractivity contribution in [1.29, 1.82) is 0 Å². The average molecular weight is 348 g/mol. The Labute approximate surface area is 140 Å². The molecule has 0 fully saturated rings. The quantitative estimate of drug-likeness (QED) is 0.927. The SMILES string of the molecule is CN1C(=O)C(C)(C)c2cc(S(=O)(=O)Nc3ccc(F)cc3)ccc21. The summed E-state index contributed by atoms with van der Waals surface area (Å²) >= 11 is 0. The highest BCUT2D eigenvalue weighted by Crippen LogP contribution is 2.41. The number of hydrogen-bond acceptors (Lipinski definition) is 3. The van der Waals surface area contributed by atoms with Gasteiger partial charge in [-0.2, -0.15) is 0 Å². The second-order valence-electron chi connectivity index (χ2n) is 6.28. The lowest BCUT2D eigenvalue weighted by atomic mass is 9.86. The Kier molecular flexibility index (Phi) is 3.64. The van der Waals surface area contributed by atoms with Crippen molar-refractivity contribution >= 4 is 27.3 Å². The van der Waals surface area contributed by atoms with Gasteiger partial charge in [0, 0.05) is 18.4 Å². The number of likely N-dealkylation sites (N-methyl/N-ethyl adjacent to an activating group) is 1. The Morgan fingerprint density at radius 1 is 1.08 bits per heavy atom. The Bertz CT molecular complexity index is 921. The van der Waals surface area contributed by atoms with Gasteiger partial charge >= 0.3 is 0 Å². The summed E-state index contributed by atoms with van der Waals surface area (Å²) in [5, 5.41) is 0. The highest BCUT2D eigenvalue weighted by molar-refractivity contribution is 7.92. The van der Waals surface area contributed by atoms with E-state index in [2.05, 4.69) is 4.72 Å². The van der Waals surface area contributed by atoms with Crippen LogP contribution in [0.15, 0.2) is 47.4 Å². The van der Waals surface area contributed by atoms with Gasteiger partial charge in [0.05, 0.1) is 10.3 Å². The number of hydrogen-bond donors (Lipinski definition) is 1. The molecule has 0 aliphatic carbocycles. The molecule has 1 N–H and O–H groups in total. The van der Waals surface area contributed by atoms with Gasteiger partial charge in [-0.3, -0.25) is 9.52 Å². The largest absolute Gasteiger partial charge is 0.314 e. The fraction of sp³-hybridized carbons (Fsp3) is 0.235. The molecule has 0 saturated heterocycles. The molecular weight excluding hydrogens is 331 g/mol. The van der Waals surface area contributed by atoms with Crippen molar-refractivity contribution in [2.75, 3.05) is 16.7 Å². The minimum atomic E-state index is -3.84. The van der Waals surface area contributed by atoms with E-state index >= 15 is 0 Å². The normalized spacial score (nSPS) is 16.2. The predicted octanol–water partition coefficient (Wildman–Crippen LogP) is 2.88. The van der Waals surface area contributed by atoms with Crippen LogP contribution >= 0.6 is 0 Å². The monoisotopic (exact) mass is 348 g/mol. The van der Waals surface area contributed by atoms with Crippen molar-refractivity contribution in [3.8, 4) is 0 Å². The first-order chi connectivity index (χ1) is 11.1. The topological polar surface area (TPSA) is 66.5 Å². The summed E-state index contributed by atoms with van der Waals surface area (Å²) in [6.07, 6.45) is 0. The zero-order valence-electron chi connectivity index (χ0n) is 13.5. The summed E-state index contributed by atoms with van der Waals surface area (Å²) in [5.41, 5.74) is 0.845. The maximum absolute atomic E-state index is 12.9. The molecule has 1 aliphatic rings. The number of carbonyl (C=O) groups excluding carboxylic acids is 1. The van der Waals surface area contributed by atoms with E-state index in [1.807, 2.05) is 0 Å². The van der Waals surface area contributed by atoms with E-state index in [0.29, 0.717) is 11.3 Å². The third kappa shape index (κ3) is 2.54. The van der Waals surface area contributed by atoms with Gasteiger partial charge in [-0.15, -0.1) is 0 Å². The predicted molar refractivity (Wildman–Crippen MR) is 90.1 cm³/mol. The number of fused-ring (bicyclic) bond motifs is 1. The minimum Gasteiger partial charge on any atom is -0.314 e. The smallest absolute Gasteiger partial charge is 0.261 e. The fourth-order valence-corrected chi connectivity index (χ4v) is 3.94. The van der Waals surface area contributed by atoms with Crippen molar-refractivity contribution in [2.24, 2.45) is 0 Å². The van der Waals surface area contributed by atoms with Gasteiger partial charge in [0.25, 0.3) is 10.0 Å². The molecule has 0 unspecified atom stereocenters. The standard InChI is InChI=1S/C17H17FN2O3S/c1-17(2)14-10-13(8-9-15(14)20(3)16(17)21)24(22,23)19-12-6-4-11(18)5-7-12/h4-10,19H,1-3H3. The van der Waals surface area contributed by atoms with Gasteiger partial charge in [0.15, 0.2) is 0 Å². The summed E-state index contributed by atoms with van der Waals surface area (Å²) in [7, 11) is -2.17. The van der Waals surface area contributed by atoms with E-state index in [1.54, 1.807) is 27.0 Å². The lowest BCUT2D eigenvalue weighted by molar-refractivity contribution is -0.121. The number of nitrogens with zero attached hydrogens (tertiary/aromatic N) is 1. The zero-order valence-corrected chi connectivity index (χ0v) is 14.3. The molecule has 1 amide bonds. The number of halogens is 1. The Morgan fingerprint density at radius 3 is 2.33 bits per heavy atom. The van der Waals surface area contributed by atoms with Crippen molar-refractivity contribution in [2.45, 2.75) is 24.2 Å². The molecule has 2 aromatic carbocycles.